The molecule has 0 atom stereocenters. The van der Waals surface area contributed by atoms with Crippen molar-refractivity contribution in [3.05, 3.63) is 59.0 Å². The van der Waals surface area contributed by atoms with Crippen molar-refractivity contribution >= 4 is 12.2 Å². The number of pyridine rings is 1. The van der Waals surface area contributed by atoms with Gasteiger partial charge in [-0.25, -0.2) is 0 Å². The molecule has 1 aromatic carbocycles. The van der Waals surface area contributed by atoms with Crippen LogP contribution in [0.3, 0.4) is 0 Å². The molecule has 0 unspecified atom stereocenters. The van der Waals surface area contributed by atoms with Crippen molar-refractivity contribution in [2.45, 2.75) is 6.92 Å². The molecule has 0 aliphatic carbocycles. The maximum Gasteiger partial charge on any atom is 0.200 e. The van der Waals surface area contributed by atoms with Gasteiger partial charge in [-0.3, -0.25) is 14.6 Å². The molecule has 2 aromatic heterocycles. The fraction of sp³-hybridized carbons (Fsp3) is 0.0714. The van der Waals surface area contributed by atoms with Crippen LogP contribution in [-0.4, -0.2) is 19.7 Å². The number of H-pyrrole nitrogens is 1. The predicted molar refractivity (Wildman–Crippen MR) is 76.7 cm³/mol. The standard InChI is InChI=1S/C14H12N4S/c1-10-5-4-6-11(9-10)18-13(16-17-14(18)19)12-7-2-3-8-15-12/h2-9H,1H3,(H,17,19). The van der Waals surface area contributed by atoms with Gasteiger partial charge in [0.1, 0.15) is 5.69 Å². The minimum Gasteiger partial charge on any atom is -0.267 e. The molecular formula is C14H12N4S. The maximum absolute atomic E-state index is 5.32. The van der Waals surface area contributed by atoms with Gasteiger partial charge in [-0.15, -0.1) is 0 Å². The van der Waals surface area contributed by atoms with E-state index in [4.69, 9.17) is 12.2 Å². The van der Waals surface area contributed by atoms with Crippen molar-refractivity contribution in [1.29, 1.82) is 0 Å². The van der Waals surface area contributed by atoms with Gasteiger partial charge >= 0.3 is 0 Å². The zero-order chi connectivity index (χ0) is 13.2. The van der Waals surface area contributed by atoms with E-state index in [0.717, 1.165) is 17.2 Å². The second-order valence-electron chi connectivity index (χ2n) is 4.24. The summed E-state index contributed by atoms with van der Waals surface area (Å²) in [6.07, 6.45) is 1.74. The minimum absolute atomic E-state index is 0.561. The summed E-state index contributed by atoms with van der Waals surface area (Å²) in [6, 6.07) is 13.8. The molecule has 0 fully saturated rings. The number of rotatable bonds is 2. The lowest BCUT2D eigenvalue weighted by atomic mass is 10.2. The Morgan fingerprint density at radius 3 is 2.79 bits per heavy atom. The van der Waals surface area contributed by atoms with E-state index in [1.165, 1.54) is 5.56 Å². The monoisotopic (exact) mass is 268 g/mol. The Balaban J connectivity index is 2.23. The summed E-state index contributed by atoms with van der Waals surface area (Å²) in [7, 11) is 0. The van der Waals surface area contributed by atoms with E-state index >= 15 is 0 Å². The minimum atomic E-state index is 0.561. The van der Waals surface area contributed by atoms with Crippen molar-refractivity contribution in [2.75, 3.05) is 0 Å². The molecule has 4 nitrogen and oxygen atoms in total. The largest absolute Gasteiger partial charge is 0.267 e. The summed E-state index contributed by atoms with van der Waals surface area (Å²) in [5.41, 5.74) is 2.95. The van der Waals surface area contributed by atoms with E-state index < -0.39 is 0 Å². The van der Waals surface area contributed by atoms with E-state index in [1.54, 1.807) is 6.20 Å². The van der Waals surface area contributed by atoms with Gasteiger partial charge in [0.05, 0.1) is 5.69 Å². The quantitative estimate of drug-likeness (QED) is 0.725. The number of hydrogen-bond donors (Lipinski definition) is 1. The topological polar surface area (TPSA) is 46.5 Å². The third kappa shape index (κ3) is 2.20. The first-order valence-electron chi connectivity index (χ1n) is 5.91. The van der Waals surface area contributed by atoms with Crippen LogP contribution in [0.2, 0.25) is 0 Å². The number of nitrogens with zero attached hydrogens (tertiary/aromatic N) is 3. The highest BCUT2D eigenvalue weighted by atomic mass is 32.1. The average Bonchev–Trinajstić information content (AvgIpc) is 2.82. The molecule has 0 radical (unpaired) electrons. The van der Waals surface area contributed by atoms with Crippen LogP contribution in [-0.2, 0) is 0 Å². The Morgan fingerprint density at radius 2 is 2.05 bits per heavy atom. The molecule has 5 heteroatoms. The molecule has 3 rings (SSSR count). The molecule has 19 heavy (non-hydrogen) atoms. The van der Waals surface area contributed by atoms with Crippen molar-refractivity contribution in [3.8, 4) is 17.2 Å². The first kappa shape index (κ1) is 11.8. The second kappa shape index (κ2) is 4.78. The van der Waals surface area contributed by atoms with Gasteiger partial charge in [0.15, 0.2) is 10.6 Å². The van der Waals surface area contributed by atoms with Crippen LogP contribution in [0, 0.1) is 11.7 Å². The Morgan fingerprint density at radius 1 is 1.16 bits per heavy atom. The Labute approximate surface area is 115 Å². The average molecular weight is 268 g/mol. The molecule has 0 aliphatic rings. The molecule has 0 spiro atoms. The third-order valence-corrected chi connectivity index (χ3v) is 3.10. The van der Waals surface area contributed by atoms with Crippen LogP contribution in [0.4, 0.5) is 0 Å². The zero-order valence-corrected chi connectivity index (χ0v) is 11.2. The van der Waals surface area contributed by atoms with Gasteiger partial charge in [0.25, 0.3) is 0 Å². The van der Waals surface area contributed by atoms with Crippen molar-refractivity contribution in [1.82, 2.24) is 19.7 Å². The molecule has 2 heterocycles. The van der Waals surface area contributed by atoms with Crippen LogP contribution >= 0.6 is 12.2 Å². The van der Waals surface area contributed by atoms with E-state index in [0.29, 0.717) is 4.77 Å². The molecule has 0 aliphatic heterocycles. The lowest BCUT2D eigenvalue weighted by molar-refractivity contribution is 1.03. The Hall–Kier alpha value is -2.27. The number of benzene rings is 1. The molecule has 0 bridgehead atoms. The van der Waals surface area contributed by atoms with Crippen LogP contribution < -0.4 is 0 Å². The van der Waals surface area contributed by atoms with Crippen LogP contribution in [0.15, 0.2) is 48.7 Å². The fourth-order valence-corrected chi connectivity index (χ4v) is 2.21. The second-order valence-corrected chi connectivity index (χ2v) is 4.63. The normalized spacial score (nSPS) is 10.6. The third-order valence-electron chi connectivity index (χ3n) is 2.83. The maximum atomic E-state index is 5.32. The van der Waals surface area contributed by atoms with Gasteiger partial charge in [0, 0.05) is 6.20 Å². The summed E-state index contributed by atoms with van der Waals surface area (Å²) in [4.78, 5) is 4.32. The SMILES string of the molecule is Cc1cccc(-n2c(-c3ccccn3)n[nH]c2=S)c1. The molecule has 94 valence electrons. The van der Waals surface area contributed by atoms with Crippen LogP contribution in [0.25, 0.3) is 17.2 Å². The highest BCUT2D eigenvalue weighted by Crippen LogP contribution is 2.19. The number of aryl methyl sites for hydroxylation is 1. The molecule has 0 amide bonds. The van der Waals surface area contributed by atoms with E-state index in [-0.39, 0.29) is 0 Å². The lowest BCUT2D eigenvalue weighted by Crippen LogP contribution is -1.99. The van der Waals surface area contributed by atoms with Gasteiger partial charge in [-0.2, -0.15) is 5.10 Å². The predicted octanol–water partition coefficient (Wildman–Crippen LogP) is 3.30. The number of aromatic nitrogens is 4. The summed E-state index contributed by atoms with van der Waals surface area (Å²) in [5, 5.41) is 7.10. The van der Waals surface area contributed by atoms with Gasteiger partial charge in [-0.1, -0.05) is 18.2 Å². The van der Waals surface area contributed by atoms with Crippen molar-refractivity contribution in [3.63, 3.8) is 0 Å². The molecule has 3 aromatic rings. The van der Waals surface area contributed by atoms with E-state index in [2.05, 4.69) is 21.2 Å². The van der Waals surface area contributed by atoms with Crippen LogP contribution in [0.1, 0.15) is 5.56 Å². The van der Waals surface area contributed by atoms with Gasteiger partial charge in [0.2, 0.25) is 0 Å². The van der Waals surface area contributed by atoms with Crippen LogP contribution in [0.5, 0.6) is 0 Å². The van der Waals surface area contributed by atoms with Crippen molar-refractivity contribution in [2.24, 2.45) is 0 Å². The summed E-state index contributed by atoms with van der Waals surface area (Å²) in [6.45, 7) is 2.05. The lowest BCUT2D eigenvalue weighted by Gasteiger charge is -2.06. The van der Waals surface area contributed by atoms with Crippen molar-refractivity contribution < 1.29 is 0 Å². The number of aromatic amines is 1. The highest BCUT2D eigenvalue weighted by molar-refractivity contribution is 7.71. The Bertz CT molecular complexity index is 758. The Kier molecular flexibility index (Phi) is 2.97. The molecule has 1 N–H and O–H groups in total. The number of hydrogen-bond acceptors (Lipinski definition) is 3. The number of nitrogens with one attached hydrogen (secondary N) is 1. The van der Waals surface area contributed by atoms with E-state index in [1.807, 2.05) is 47.9 Å². The first-order valence-corrected chi connectivity index (χ1v) is 6.32. The first-order chi connectivity index (χ1) is 9.25. The zero-order valence-electron chi connectivity index (χ0n) is 10.4. The summed E-state index contributed by atoms with van der Waals surface area (Å²) >= 11 is 5.32. The summed E-state index contributed by atoms with van der Waals surface area (Å²) < 4.78 is 2.45. The summed E-state index contributed by atoms with van der Waals surface area (Å²) in [5.74, 6) is 0.719. The fourth-order valence-electron chi connectivity index (χ4n) is 1.97. The molecule has 0 saturated carbocycles. The molecular weight excluding hydrogens is 256 g/mol. The van der Waals surface area contributed by atoms with Gasteiger partial charge in [-0.05, 0) is 49.0 Å². The highest BCUT2D eigenvalue weighted by Gasteiger charge is 2.11. The molecule has 0 saturated heterocycles. The van der Waals surface area contributed by atoms with Gasteiger partial charge < -0.3 is 0 Å². The van der Waals surface area contributed by atoms with E-state index in [9.17, 15) is 0 Å². The smallest absolute Gasteiger partial charge is 0.200 e.